The number of carboxylic acid groups (broad SMARTS) is 1. The average Bonchev–Trinajstić information content (AvgIpc) is 2.72. The van der Waals surface area contributed by atoms with Gasteiger partial charge >= 0.3 is 12.0 Å². The predicted octanol–water partition coefficient (Wildman–Crippen LogP) is 1.29. The quantitative estimate of drug-likeness (QED) is 0.825. The Kier molecular flexibility index (Phi) is 3.27. The molecule has 1 aromatic carbocycles. The minimum Gasteiger partial charge on any atom is -0.480 e. The number of anilines is 1. The fourth-order valence-corrected chi connectivity index (χ4v) is 1.88. The lowest BCUT2D eigenvalue weighted by Crippen LogP contribution is -2.45. The van der Waals surface area contributed by atoms with Crippen LogP contribution in [0, 0.1) is 0 Å². The summed E-state index contributed by atoms with van der Waals surface area (Å²) in [5.41, 5.74) is 0.520. The molecule has 1 aromatic rings. The molecule has 1 unspecified atom stereocenters. The standard InChI is InChI=1S/C12H12N2O4/c15-10-7-6-9(11(16)17)14(10)12(18)13-8-4-2-1-3-5-8/h1-5,9H,6-7H2,(H,13,18)(H,16,17). The van der Waals surface area contributed by atoms with Gasteiger partial charge in [0.1, 0.15) is 6.04 Å². The lowest BCUT2D eigenvalue weighted by atomic mass is 10.2. The van der Waals surface area contributed by atoms with Crippen molar-refractivity contribution in [2.24, 2.45) is 0 Å². The summed E-state index contributed by atoms with van der Waals surface area (Å²) < 4.78 is 0. The molecule has 6 nitrogen and oxygen atoms in total. The van der Waals surface area contributed by atoms with Crippen LogP contribution in [0.25, 0.3) is 0 Å². The van der Waals surface area contributed by atoms with Crippen molar-refractivity contribution in [2.75, 3.05) is 5.32 Å². The number of carbonyl (C=O) groups is 3. The Hall–Kier alpha value is -2.37. The molecule has 0 aliphatic carbocycles. The largest absolute Gasteiger partial charge is 0.480 e. The Morgan fingerprint density at radius 3 is 2.56 bits per heavy atom. The second-order valence-corrected chi connectivity index (χ2v) is 3.95. The van der Waals surface area contributed by atoms with Gasteiger partial charge in [0.15, 0.2) is 0 Å². The zero-order chi connectivity index (χ0) is 13.1. The molecule has 1 atom stereocenters. The number of imide groups is 1. The molecular weight excluding hydrogens is 236 g/mol. The van der Waals surface area contributed by atoms with E-state index in [1.807, 2.05) is 0 Å². The van der Waals surface area contributed by atoms with Crippen molar-refractivity contribution >= 4 is 23.6 Å². The number of benzene rings is 1. The van der Waals surface area contributed by atoms with Crippen molar-refractivity contribution < 1.29 is 19.5 Å². The number of amides is 3. The Balaban J connectivity index is 2.12. The van der Waals surface area contributed by atoms with Crippen LogP contribution >= 0.6 is 0 Å². The monoisotopic (exact) mass is 248 g/mol. The normalized spacial score (nSPS) is 18.8. The predicted molar refractivity (Wildman–Crippen MR) is 63.0 cm³/mol. The molecule has 1 fully saturated rings. The number of hydrogen-bond acceptors (Lipinski definition) is 3. The van der Waals surface area contributed by atoms with Gasteiger partial charge in [0.05, 0.1) is 0 Å². The number of likely N-dealkylation sites (tertiary alicyclic amines) is 1. The van der Waals surface area contributed by atoms with Gasteiger partial charge in [-0.3, -0.25) is 4.79 Å². The van der Waals surface area contributed by atoms with Gasteiger partial charge in [0, 0.05) is 12.1 Å². The molecule has 0 radical (unpaired) electrons. The molecule has 2 rings (SSSR count). The van der Waals surface area contributed by atoms with Gasteiger partial charge in [0.2, 0.25) is 5.91 Å². The highest BCUT2D eigenvalue weighted by Crippen LogP contribution is 2.20. The maximum absolute atomic E-state index is 11.9. The second kappa shape index (κ2) is 4.87. The summed E-state index contributed by atoms with van der Waals surface area (Å²) in [7, 11) is 0. The molecule has 1 heterocycles. The van der Waals surface area contributed by atoms with E-state index in [4.69, 9.17) is 5.11 Å². The number of rotatable bonds is 2. The van der Waals surface area contributed by atoms with Gasteiger partial charge in [-0.25, -0.2) is 14.5 Å². The number of para-hydroxylation sites is 1. The van der Waals surface area contributed by atoms with E-state index in [1.165, 1.54) is 0 Å². The Morgan fingerprint density at radius 2 is 1.94 bits per heavy atom. The number of urea groups is 1. The van der Waals surface area contributed by atoms with Crippen LogP contribution in [-0.2, 0) is 9.59 Å². The summed E-state index contributed by atoms with van der Waals surface area (Å²) in [6.07, 6.45) is 0.246. The summed E-state index contributed by atoms with van der Waals surface area (Å²) in [6, 6.07) is 6.81. The lowest BCUT2D eigenvalue weighted by molar-refractivity contribution is -0.144. The number of nitrogens with one attached hydrogen (secondary N) is 1. The van der Waals surface area contributed by atoms with Crippen LogP contribution in [0.1, 0.15) is 12.8 Å². The Labute approximate surface area is 103 Å². The SMILES string of the molecule is O=C(O)C1CCC(=O)N1C(=O)Nc1ccccc1. The van der Waals surface area contributed by atoms with Crippen LogP contribution in [0.5, 0.6) is 0 Å². The molecule has 0 spiro atoms. The van der Waals surface area contributed by atoms with Crippen molar-refractivity contribution in [3.63, 3.8) is 0 Å². The number of hydrogen-bond donors (Lipinski definition) is 2. The van der Waals surface area contributed by atoms with Crippen LogP contribution in [0.4, 0.5) is 10.5 Å². The smallest absolute Gasteiger partial charge is 0.329 e. The maximum atomic E-state index is 11.9. The molecule has 1 aliphatic heterocycles. The van der Waals surface area contributed by atoms with Gasteiger partial charge in [-0.05, 0) is 18.6 Å². The molecule has 18 heavy (non-hydrogen) atoms. The van der Waals surface area contributed by atoms with E-state index < -0.39 is 23.9 Å². The molecule has 2 N–H and O–H groups in total. The van der Waals surface area contributed by atoms with E-state index in [9.17, 15) is 14.4 Å². The van der Waals surface area contributed by atoms with Crippen molar-refractivity contribution in [3.8, 4) is 0 Å². The van der Waals surface area contributed by atoms with Crippen LogP contribution in [0.15, 0.2) is 30.3 Å². The van der Waals surface area contributed by atoms with Crippen molar-refractivity contribution in [2.45, 2.75) is 18.9 Å². The summed E-state index contributed by atoms with van der Waals surface area (Å²) in [6.45, 7) is 0. The minimum absolute atomic E-state index is 0.0825. The summed E-state index contributed by atoms with van der Waals surface area (Å²) in [5, 5.41) is 11.4. The average molecular weight is 248 g/mol. The third-order valence-electron chi connectivity index (χ3n) is 2.74. The molecule has 3 amide bonds. The molecule has 1 aliphatic rings. The van der Waals surface area contributed by atoms with Crippen molar-refractivity contribution in [1.29, 1.82) is 0 Å². The third kappa shape index (κ3) is 2.32. The first-order chi connectivity index (χ1) is 8.59. The van der Waals surface area contributed by atoms with Gasteiger partial charge in [-0.2, -0.15) is 0 Å². The highest BCUT2D eigenvalue weighted by atomic mass is 16.4. The van der Waals surface area contributed by atoms with E-state index >= 15 is 0 Å². The Morgan fingerprint density at radius 1 is 1.28 bits per heavy atom. The third-order valence-corrected chi connectivity index (χ3v) is 2.74. The number of carboxylic acids is 1. The molecule has 0 bridgehead atoms. The second-order valence-electron chi connectivity index (χ2n) is 3.95. The molecule has 6 heteroatoms. The van der Waals surface area contributed by atoms with Gasteiger partial charge in [-0.1, -0.05) is 18.2 Å². The van der Waals surface area contributed by atoms with E-state index in [0.717, 1.165) is 4.90 Å². The molecular formula is C12H12N2O4. The lowest BCUT2D eigenvalue weighted by Gasteiger charge is -2.19. The maximum Gasteiger partial charge on any atom is 0.329 e. The first-order valence-corrected chi connectivity index (χ1v) is 5.50. The number of carbonyl (C=O) groups excluding carboxylic acids is 2. The van der Waals surface area contributed by atoms with Crippen LogP contribution in [0.2, 0.25) is 0 Å². The first kappa shape index (κ1) is 12.1. The zero-order valence-electron chi connectivity index (χ0n) is 9.50. The van der Waals surface area contributed by atoms with Gasteiger partial charge < -0.3 is 10.4 Å². The summed E-state index contributed by atoms with van der Waals surface area (Å²) >= 11 is 0. The fraction of sp³-hybridized carbons (Fsp3) is 0.250. The molecule has 0 aromatic heterocycles. The van der Waals surface area contributed by atoms with Crippen LogP contribution < -0.4 is 5.32 Å². The van der Waals surface area contributed by atoms with E-state index in [0.29, 0.717) is 5.69 Å². The highest BCUT2D eigenvalue weighted by molar-refractivity contribution is 6.05. The van der Waals surface area contributed by atoms with Crippen molar-refractivity contribution in [1.82, 2.24) is 4.90 Å². The zero-order valence-corrected chi connectivity index (χ0v) is 9.50. The van der Waals surface area contributed by atoms with E-state index in [-0.39, 0.29) is 12.8 Å². The molecule has 1 saturated heterocycles. The van der Waals surface area contributed by atoms with E-state index in [1.54, 1.807) is 30.3 Å². The minimum atomic E-state index is -1.16. The fourth-order valence-electron chi connectivity index (χ4n) is 1.88. The molecule has 94 valence electrons. The van der Waals surface area contributed by atoms with Gasteiger partial charge in [0.25, 0.3) is 0 Å². The molecule has 0 saturated carbocycles. The van der Waals surface area contributed by atoms with Crippen LogP contribution in [0.3, 0.4) is 0 Å². The van der Waals surface area contributed by atoms with Gasteiger partial charge in [-0.15, -0.1) is 0 Å². The topological polar surface area (TPSA) is 86.7 Å². The number of aliphatic carboxylic acids is 1. The highest BCUT2D eigenvalue weighted by Gasteiger charge is 2.40. The summed E-state index contributed by atoms with van der Waals surface area (Å²) in [4.78, 5) is 35.1. The van der Waals surface area contributed by atoms with Crippen molar-refractivity contribution in [3.05, 3.63) is 30.3 Å². The Bertz CT molecular complexity index is 486. The first-order valence-electron chi connectivity index (χ1n) is 5.50. The van der Waals surface area contributed by atoms with Crippen LogP contribution in [-0.4, -0.2) is 34.0 Å². The summed E-state index contributed by atoms with van der Waals surface area (Å²) in [5.74, 6) is -1.63. The van der Waals surface area contributed by atoms with E-state index in [2.05, 4.69) is 5.32 Å². The number of nitrogens with zero attached hydrogens (tertiary/aromatic N) is 1.